The summed E-state index contributed by atoms with van der Waals surface area (Å²) in [5.41, 5.74) is 1.48. The lowest BCUT2D eigenvalue weighted by Gasteiger charge is -2.37. The molecule has 2 aromatic heterocycles. The minimum Gasteiger partial charge on any atom is -0.444 e. The number of H-pyrrole nitrogens is 1. The zero-order chi connectivity index (χ0) is 36.6. The molecule has 4 heterocycles. The number of rotatable bonds is 7. The lowest BCUT2D eigenvalue weighted by molar-refractivity contribution is -0.131. The van der Waals surface area contributed by atoms with E-state index >= 15 is 8.78 Å². The molecular weight excluding hydrogens is 680 g/mol. The van der Waals surface area contributed by atoms with Gasteiger partial charge in [-0.1, -0.05) is 17.7 Å². The van der Waals surface area contributed by atoms with Crippen molar-refractivity contribution in [3.8, 4) is 11.1 Å². The van der Waals surface area contributed by atoms with E-state index in [0.717, 1.165) is 0 Å². The molecule has 1 N–H and O–H groups in total. The molecule has 51 heavy (non-hydrogen) atoms. The summed E-state index contributed by atoms with van der Waals surface area (Å²) in [7, 11) is 3.19. The van der Waals surface area contributed by atoms with Crippen LogP contribution < -0.4 is 4.90 Å². The average molecular weight is 722 g/mol. The van der Waals surface area contributed by atoms with Crippen LogP contribution in [0.5, 0.6) is 0 Å². The molecule has 3 amide bonds. The predicted molar refractivity (Wildman–Crippen MR) is 193 cm³/mol. The highest BCUT2D eigenvalue weighted by Crippen LogP contribution is 2.41. The van der Waals surface area contributed by atoms with Crippen molar-refractivity contribution in [3.05, 3.63) is 76.7 Å². The van der Waals surface area contributed by atoms with Crippen LogP contribution in [0.1, 0.15) is 49.7 Å². The second-order valence-electron chi connectivity index (χ2n) is 14.0. The fourth-order valence-corrected chi connectivity index (χ4v) is 6.73. The van der Waals surface area contributed by atoms with E-state index in [-0.39, 0.29) is 52.3 Å². The van der Waals surface area contributed by atoms with Crippen LogP contribution in [0, 0.1) is 11.6 Å². The molecule has 11 nitrogen and oxygen atoms in total. The molecule has 0 aliphatic carbocycles. The molecule has 2 aromatic carbocycles. The van der Waals surface area contributed by atoms with Crippen LogP contribution in [-0.2, 0) is 16.1 Å². The molecule has 0 unspecified atom stereocenters. The second-order valence-corrected chi connectivity index (χ2v) is 14.5. The fraction of sp³-hybridized carbons (Fsp3) is 0.405. The molecular formula is C37H42ClF2N7O4. The zero-order valence-corrected chi connectivity index (χ0v) is 30.2. The molecule has 0 bridgehead atoms. The molecule has 0 atom stereocenters. The zero-order valence-electron chi connectivity index (χ0n) is 29.4. The summed E-state index contributed by atoms with van der Waals surface area (Å²) in [5.74, 6) is -1.56. The first-order chi connectivity index (χ1) is 24.2. The molecule has 14 heteroatoms. The summed E-state index contributed by atoms with van der Waals surface area (Å²) < 4.78 is 39.7. The number of amides is 3. The van der Waals surface area contributed by atoms with Gasteiger partial charge in [-0.2, -0.15) is 5.10 Å². The number of nitrogens with zero attached hydrogens (tertiary/aromatic N) is 6. The lowest BCUT2D eigenvalue weighted by atomic mass is 9.93. The van der Waals surface area contributed by atoms with Crippen molar-refractivity contribution in [2.45, 2.75) is 45.8 Å². The normalized spacial score (nSPS) is 15.3. The van der Waals surface area contributed by atoms with Crippen LogP contribution in [0.25, 0.3) is 27.6 Å². The highest BCUT2D eigenvalue weighted by molar-refractivity contribution is 6.34. The number of hydrogen-bond donors (Lipinski definition) is 1. The van der Waals surface area contributed by atoms with Gasteiger partial charge in [0.2, 0.25) is 5.91 Å². The molecule has 2 aliphatic rings. The van der Waals surface area contributed by atoms with E-state index in [9.17, 15) is 14.4 Å². The van der Waals surface area contributed by atoms with Crippen LogP contribution in [0.3, 0.4) is 0 Å². The van der Waals surface area contributed by atoms with Gasteiger partial charge in [-0.25, -0.2) is 13.6 Å². The van der Waals surface area contributed by atoms with Crippen molar-refractivity contribution in [2.24, 2.45) is 0 Å². The molecule has 270 valence electrons. The molecule has 0 spiro atoms. The Balaban J connectivity index is 1.33. The quantitative estimate of drug-likeness (QED) is 0.236. The monoisotopic (exact) mass is 721 g/mol. The number of anilines is 1. The van der Waals surface area contributed by atoms with E-state index in [1.807, 2.05) is 11.0 Å². The van der Waals surface area contributed by atoms with Crippen molar-refractivity contribution < 1.29 is 27.9 Å². The van der Waals surface area contributed by atoms with Crippen molar-refractivity contribution in [1.29, 1.82) is 0 Å². The van der Waals surface area contributed by atoms with Gasteiger partial charge >= 0.3 is 6.09 Å². The third kappa shape index (κ3) is 7.73. The molecule has 0 saturated carbocycles. The van der Waals surface area contributed by atoms with E-state index < -0.39 is 23.3 Å². The van der Waals surface area contributed by atoms with E-state index in [0.29, 0.717) is 67.8 Å². The number of carbonyl (C=O) groups is 3. The minimum atomic E-state index is -0.624. The number of nitrogens with one attached hydrogen (secondary N) is 1. The summed E-state index contributed by atoms with van der Waals surface area (Å²) >= 11 is 6.92. The van der Waals surface area contributed by atoms with Crippen LogP contribution >= 0.6 is 11.6 Å². The summed E-state index contributed by atoms with van der Waals surface area (Å²) in [4.78, 5) is 48.2. The molecule has 4 aromatic rings. The fourth-order valence-electron chi connectivity index (χ4n) is 6.47. The third-order valence-corrected chi connectivity index (χ3v) is 9.36. The van der Waals surface area contributed by atoms with Gasteiger partial charge in [0, 0.05) is 95.2 Å². The Labute approximate surface area is 300 Å². The van der Waals surface area contributed by atoms with Gasteiger partial charge in [-0.15, -0.1) is 0 Å². The third-order valence-electron chi connectivity index (χ3n) is 9.05. The molecule has 1 fully saturated rings. The van der Waals surface area contributed by atoms with Crippen LogP contribution in [0.2, 0.25) is 5.02 Å². The van der Waals surface area contributed by atoms with E-state index in [2.05, 4.69) is 10.1 Å². The van der Waals surface area contributed by atoms with Gasteiger partial charge in [0.25, 0.3) is 5.91 Å². The van der Waals surface area contributed by atoms with Crippen molar-refractivity contribution in [1.82, 2.24) is 29.5 Å². The Morgan fingerprint density at radius 1 is 0.980 bits per heavy atom. The molecule has 2 aliphatic heterocycles. The summed E-state index contributed by atoms with van der Waals surface area (Å²) in [6.45, 7) is 7.95. The number of benzene rings is 2. The predicted octanol–water partition coefficient (Wildman–Crippen LogP) is 6.43. The Bertz CT molecular complexity index is 1990. The number of aryl methyl sites for hydroxylation is 1. The van der Waals surface area contributed by atoms with E-state index in [1.54, 1.807) is 86.0 Å². The summed E-state index contributed by atoms with van der Waals surface area (Å²) in [6.07, 6.45) is 5.70. The first-order valence-corrected chi connectivity index (χ1v) is 17.3. The number of fused-ring (bicyclic) bond motifs is 1. The first kappa shape index (κ1) is 35.9. The number of aromatic nitrogens is 3. The number of aromatic amines is 1. The van der Waals surface area contributed by atoms with Gasteiger partial charge in [-0.3, -0.25) is 14.3 Å². The van der Waals surface area contributed by atoms with Crippen LogP contribution in [0.4, 0.5) is 19.3 Å². The van der Waals surface area contributed by atoms with E-state index in [1.165, 1.54) is 11.0 Å². The maximum atomic E-state index is 16.5. The lowest BCUT2D eigenvalue weighted by Crippen LogP contribution is -2.50. The number of carbonyl (C=O) groups excluding carboxylic acids is 3. The van der Waals surface area contributed by atoms with Gasteiger partial charge in [0.1, 0.15) is 17.1 Å². The molecule has 1 saturated heterocycles. The summed E-state index contributed by atoms with van der Waals surface area (Å²) in [6, 6.07) is 7.84. The maximum absolute atomic E-state index is 16.5. The SMILES string of the molecule is CN(C)C(=O)c1cc2c(-c3cc(F)c(N4CCN(C(=O)OC(C)(C)C)CC4)cc3Cl)cc(C3=CCCN(C(=O)CCn4cccn4)C3)c(F)c2[nH]1. The standard InChI is InChI=1S/C37H42ClF2N7O4/c1-37(2,3)51-36(50)45-16-14-44(15-17-45)31-21-28(38)26(19-29(31)39)25-18-24(33(40)34-27(25)20-30(42-34)35(49)43(4)5)23-8-6-11-46(22-23)32(48)9-13-47-12-7-10-41-47/h7-8,10,12,18-21,42H,6,9,11,13-17,22H2,1-5H3. The Morgan fingerprint density at radius 2 is 1.73 bits per heavy atom. The number of halogens is 3. The maximum Gasteiger partial charge on any atom is 0.410 e. The van der Waals surface area contributed by atoms with Gasteiger partial charge in [0.05, 0.1) is 16.2 Å². The van der Waals surface area contributed by atoms with Crippen molar-refractivity contribution >= 4 is 51.7 Å². The van der Waals surface area contributed by atoms with Gasteiger partial charge in [-0.05, 0) is 68.7 Å². The first-order valence-electron chi connectivity index (χ1n) is 16.9. The largest absolute Gasteiger partial charge is 0.444 e. The Hall–Kier alpha value is -4.91. The highest BCUT2D eigenvalue weighted by atomic mass is 35.5. The smallest absolute Gasteiger partial charge is 0.410 e. The van der Waals surface area contributed by atoms with Crippen molar-refractivity contribution in [3.63, 3.8) is 0 Å². The second kappa shape index (κ2) is 14.4. The Kier molecular flexibility index (Phi) is 10.1. The van der Waals surface area contributed by atoms with Gasteiger partial charge < -0.3 is 29.3 Å². The van der Waals surface area contributed by atoms with Gasteiger partial charge in [0.15, 0.2) is 5.82 Å². The average Bonchev–Trinajstić information content (AvgIpc) is 3.79. The minimum absolute atomic E-state index is 0.0783. The Morgan fingerprint density at radius 3 is 2.39 bits per heavy atom. The van der Waals surface area contributed by atoms with Crippen molar-refractivity contribution in [2.75, 3.05) is 58.3 Å². The van der Waals surface area contributed by atoms with E-state index in [4.69, 9.17) is 16.3 Å². The van der Waals surface area contributed by atoms with Crippen LogP contribution in [0.15, 0.2) is 48.8 Å². The highest BCUT2D eigenvalue weighted by Gasteiger charge is 2.29. The summed E-state index contributed by atoms with van der Waals surface area (Å²) in [5, 5.41) is 4.76. The molecule has 6 rings (SSSR count). The number of ether oxygens (including phenoxy) is 1. The number of hydrogen-bond acceptors (Lipinski definition) is 6. The molecule has 0 radical (unpaired) electrons. The topological polar surface area (TPSA) is 107 Å². The van der Waals surface area contributed by atoms with Crippen LogP contribution in [-0.4, -0.2) is 106 Å². The number of piperazine rings is 1.